The van der Waals surface area contributed by atoms with E-state index in [0.717, 1.165) is 19.3 Å². The summed E-state index contributed by atoms with van der Waals surface area (Å²) in [5.74, 6) is 0.329. The SMILES string of the molecule is CCCC[C@H]1O[C@@H](n2cnc3c(N)ncnc32)[C@H](S)[C@@H]1O. The summed E-state index contributed by atoms with van der Waals surface area (Å²) in [6.45, 7) is 2.11. The molecule has 7 nitrogen and oxygen atoms in total. The Balaban J connectivity index is 1.90. The van der Waals surface area contributed by atoms with Crippen LogP contribution in [0.25, 0.3) is 11.2 Å². The zero-order chi connectivity index (χ0) is 15.0. The number of imidazole rings is 1. The van der Waals surface area contributed by atoms with E-state index in [4.69, 9.17) is 10.5 Å². The normalized spacial score (nSPS) is 29.3. The first kappa shape index (κ1) is 14.6. The van der Waals surface area contributed by atoms with Crippen LogP contribution in [0.1, 0.15) is 32.4 Å². The minimum Gasteiger partial charge on any atom is -0.389 e. The van der Waals surface area contributed by atoms with Crippen molar-refractivity contribution in [2.75, 3.05) is 5.73 Å². The van der Waals surface area contributed by atoms with Crippen LogP contribution in [-0.2, 0) is 4.74 Å². The van der Waals surface area contributed by atoms with Gasteiger partial charge in [0.1, 0.15) is 11.8 Å². The van der Waals surface area contributed by atoms with E-state index >= 15 is 0 Å². The van der Waals surface area contributed by atoms with Crippen molar-refractivity contribution in [3.63, 3.8) is 0 Å². The van der Waals surface area contributed by atoms with E-state index in [1.54, 1.807) is 10.9 Å². The molecule has 0 spiro atoms. The molecule has 4 atom stereocenters. The Morgan fingerprint density at radius 2 is 2.24 bits per heavy atom. The second-order valence-electron chi connectivity index (χ2n) is 5.27. The number of rotatable bonds is 4. The standard InChI is InChI=1S/C13H19N5O2S/c1-2-3-4-7-9(19)10(21)13(20-7)18-6-17-8-11(14)15-5-16-12(8)18/h5-7,9-10,13,19,21H,2-4H2,1H3,(H2,14,15,16)/t7-,9-,10-,13-/m1/s1. The van der Waals surface area contributed by atoms with Gasteiger partial charge in [0.25, 0.3) is 0 Å². The lowest BCUT2D eigenvalue weighted by atomic mass is 10.1. The molecule has 1 aliphatic rings. The van der Waals surface area contributed by atoms with Gasteiger partial charge in [-0.15, -0.1) is 0 Å². The molecule has 0 amide bonds. The van der Waals surface area contributed by atoms with E-state index < -0.39 is 12.3 Å². The maximum Gasteiger partial charge on any atom is 0.167 e. The summed E-state index contributed by atoms with van der Waals surface area (Å²) in [6.07, 6.45) is 4.65. The number of anilines is 1. The van der Waals surface area contributed by atoms with Gasteiger partial charge in [-0.2, -0.15) is 12.6 Å². The fraction of sp³-hybridized carbons (Fsp3) is 0.615. The third-order valence-electron chi connectivity index (χ3n) is 3.84. The van der Waals surface area contributed by atoms with Crippen LogP contribution in [0, 0.1) is 0 Å². The van der Waals surface area contributed by atoms with Crippen molar-refractivity contribution >= 4 is 29.6 Å². The summed E-state index contributed by atoms with van der Waals surface area (Å²) in [4.78, 5) is 12.4. The minimum absolute atomic E-state index is 0.214. The molecule has 2 aromatic heterocycles. The third-order valence-corrected chi connectivity index (χ3v) is 4.40. The number of hydrogen-bond donors (Lipinski definition) is 3. The molecule has 3 rings (SSSR count). The molecule has 0 aliphatic carbocycles. The van der Waals surface area contributed by atoms with Crippen LogP contribution in [-0.4, -0.2) is 42.1 Å². The highest BCUT2D eigenvalue weighted by Crippen LogP contribution is 2.36. The monoisotopic (exact) mass is 309 g/mol. The predicted octanol–water partition coefficient (Wildman–Crippen LogP) is 1.16. The molecule has 3 heterocycles. The van der Waals surface area contributed by atoms with Crippen LogP contribution >= 0.6 is 12.6 Å². The highest BCUT2D eigenvalue weighted by Gasteiger charge is 2.42. The molecule has 0 saturated carbocycles. The lowest BCUT2D eigenvalue weighted by Gasteiger charge is -2.16. The summed E-state index contributed by atoms with van der Waals surface area (Å²) in [5.41, 5.74) is 6.91. The number of nitrogen functional groups attached to an aromatic ring is 1. The number of fused-ring (bicyclic) bond motifs is 1. The number of ether oxygens (including phenoxy) is 1. The molecule has 0 unspecified atom stereocenters. The first-order chi connectivity index (χ1) is 10.1. The Labute approximate surface area is 128 Å². The van der Waals surface area contributed by atoms with Crippen molar-refractivity contribution in [1.82, 2.24) is 19.5 Å². The first-order valence-corrected chi connectivity index (χ1v) is 7.59. The van der Waals surface area contributed by atoms with Crippen LogP contribution in [0.3, 0.4) is 0 Å². The Hall–Kier alpha value is -1.38. The predicted molar refractivity (Wildman–Crippen MR) is 82.0 cm³/mol. The maximum absolute atomic E-state index is 10.3. The zero-order valence-corrected chi connectivity index (χ0v) is 12.6. The van der Waals surface area contributed by atoms with E-state index in [1.165, 1.54) is 6.33 Å². The van der Waals surface area contributed by atoms with Gasteiger partial charge in [-0.05, 0) is 6.42 Å². The maximum atomic E-state index is 10.3. The number of nitrogens with two attached hydrogens (primary N) is 1. The van der Waals surface area contributed by atoms with Crippen LogP contribution in [0.5, 0.6) is 0 Å². The number of aliphatic hydroxyl groups is 1. The number of aliphatic hydroxyl groups excluding tert-OH is 1. The van der Waals surface area contributed by atoms with Gasteiger partial charge in [-0.3, -0.25) is 4.57 Å². The van der Waals surface area contributed by atoms with Crippen molar-refractivity contribution in [2.45, 2.75) is 49.9 Å². The number of aromatic nitrogens is 4. The van der Waals surface area contributed by atoms with Crippen molar-refractivity contribution in [2.24, 2.45) is 0 Å². The highest BCUT2D eigenvalue weighted by molar-refractivity contribution is 7.81. The molecule has 114 valence electrons. The van der Waals surface area contributed by atoms with Crippen molar-refractivity contribution in [3.8, 4) is 0 Å². The Bertz CT molecular complexity index is 634. The number of thiol groups is 1. The second-order valence-corrected chi connectivity index (χ2v) is 5.87. The molecule has 1 fully saturated rings. The largest absolute Gasteiger partial charge is 0.389 e. The van der Waals surface area contributed by atoms with Gasteiger partial charge >= 0.3 is 0 Å². The van der Waals surface area contributed by atoms with Crippen LogP contribution in [0.4, 0.5) is 5.82 Å². The van der Waals surface area contributed by atoms with Crippen molar-refractivity contribution in [3.05, 3.63) is 12.7 Å². The van der Waals surface area contributed by atoms with Gasteiger partial charge in [0.05, 0.1) is 23.8 Å². The molecule has 3 N–H and O–H groups in total. The molecular weight excluding hydrogens is 290 g/mol. The molecule has 21 heavy (non-hydrogen) atoms. The quantitative estimate of drug-likeness (QED) is 0.733. The Morgan fingerprint density at radius 3 is 3.00 bits per heavy atom. The van der Waals surface area contributed by atoms with E-state index in [0.29, 0.717) is 17.0 Å². The summed E-state index contributed by atoms with van der Waals surface area (Å²) in [7, 11) is 0. The topological polar surface area (TPSA) is 99.1 Å². The van der Waals surface area contributed by atoms with Crippen LogP contribution in [0.15, 0.2) is 12.7 Å². The average Bonchev–Trinajstić information content (AvgIpc) is 3.02. The number of unbranched alkanes of at least 4 members (excludes halogenated alkanes) is 1. The molecule has 1 aliphatic heterocycles. The van der Waals surface area contributed by atoms with Crippen LogP contribution < -0.4 is 5.73 Å². The summed E-state index contributed by atoms with van der Waals surface area (Å²) in [5, 5.41) is 9.95. The summed E-state index contributed by atoms with van der Waals surface area (Å²) >= 11 is 4.50. The Morgan fingerprint density at radius 1 is 1.43 bits per heavy atom. The van der Waals surface area contributed by atoms with Gasteiger partial charge in [0, 0.05) is 0 Å². The zero-order valence-electron chi connectivity index (χ0n) is 11.8. The van der Waals surface area contributed by atoms with Gasteiger partial charge in [0.15, 0.2) is 17.7 Å². The summed E-state index contributed by atoms with van der Waals surface area (Å²) < 4.78 is 7.74. The smallest absolute Gasteiger partial charge is 0.167 e. The highest BCUT2D eigenvalue weighted by atomic mass is 32.1. The van der Waals surface area contributed by atoms with Gasteiger partial charge in [-0.25, -0.2) is 15.0 Å². The van der Waals surface area contributed by atoms with E-state index in [9.17, 15) is 5.11 Å². The van der Waals surface area contributed by atoms with Gasteiger partial charge in [0.2, 0.25) is 0 Å². The fourth-order valence-electron chi connectivity index (χ4n) is 2.66. The molecular formula is C13H19N5O2S. The molecule has 0 radical (unpaired) electrons. The minimum atomic E-state index is -0.610. The molecule has 0 aromatic carbocycles. The number of nitrogens with zero attached hydrogens (tertiary/aromatic N) is 4. The van der Waals surface area contributed by atoms with E-state index in [2.05, 4.69) is 34.5 Å². The van der Waals surface area contributed by atoms with E-state index in [-0.39, 0.29) is 11.4 Å². The summed E-state index contributed by atoms with van der Waals surface area (Å²) in [6, 6.07) is 0. The second kappa shape index (κ2) is 5.78. The molecule has 2 aromatic rings. The lowest BCUT2D eigenvalue weighted by molar-refractivity contribution is -0.0214. The van der Waals surface area contributed by atoms with Crippen LogP contribution in [0.2, 0.25) is 0 Å². The third kappa shape index (κ3) is 2.47. The molecule has 8 heteroatoms. The molecule has 0 bridgehead atoms. The van der Waals surface area contributed by atoms with Crippen molar-refractivity contribution in [1.29, 1.82) is 0 Å². The first-order valence-electron chi connectivity index (χ1n) is 7.08. The van der Waals surface area contributed by atoms with Crippen molar-refractivity contribution < 1.29 is 9.84 Å². The van der Waals surface area contributed by atoms with Gasteiger partial charge in [-0.1, -0.05) is 19.8 Å². The average molecular weight is 309 g/mol. The Kier molecular flexibility index (Phi) is 4.01. The number of hydrogen-bond acceptors (Lipinski definition) is 7. The molecule has 1 saturated heterocycles. The lowest BCUT2D eigenvalue weighted by Crippen LogP contribution is -2.27. The fourth-order valence-corrected chi connectivity index (χ4v) is 3.07. The van der Waals surface area contributed by atoms with E-state index in [1.807, 2.05) is 0 Å². The van der Waals surface area contributed by atoms with Gasteiger partial charge < -0.3 is 15.6 Å².